The van der Waals surface area contributed by atoms with Crippen LogP contribution in [0.2, 0.25) is 5.02 Å². The predicted octanol–water partition coefficient (Wildman–Crippen LogP) is 4.72. The zero-order valence-corrected chi connectivity index (χ0v) is 20.7. The van der Waals surface area contributed by atoms with Crippen molar-refractivity contribution in [2.24, 2.45) is 10.3 Å². The van der Waals surface area contributed by atoms with E-state index in [9.17, 15) is 13.2 Å². The molecule has 0 bridgehead atoms. The van der Waals surface area contributed by atoms with Crippen molar-refractivity contribution >= 4 is 38.3 Å². The van der Waals surface area contributed by atoms with Crippen LogP contribution in [0.5, 0.6) is 0 Å². The summed E-state index contributed by atoms with van der Waals surface area (Å²) in [7, 11) is -3.77. The van der Waals surface area contributed by atoms with Crippen LogP contribution < -0.4 is 5.32 Å². The summed E-state index contributed by atoms with van der Waals surface area (Å²) in [6.07, 6.45) is 4.45. The number of carbonyl (C=O) groups is 1. The van der Waals surface area contributed by atoms with Crippen molar-refractivity contribution in [2.45, 2.75) is 45.1 Å². The lowest BCUT2D eigenvalue weighted by molar-refractivity contribution is -0.127. The van der Waals surface area contributed by atoms with E-state index >= 15 is 0 Å². The van der Waals surface area contributed by atoms with Crippen molar-refractivity contribution in [3.63, 3.8) is 0 Å². The molecule has 1 atom stereocenters. The lowest BCUT2D eigenvalue weighted by Crippen LogP contribution is -2.44. The number of benzene rings is 2. The van der Waals surface area contributed by atoms with Gasteiger partial charge in [-0.25, -0.2) is 0 Å². The molecule has 1 aliphatic carbocycles. The Morgan fingerprint density at radius 2 is 1.76 bits per heavy atom. The third kappa shape index (κ3) is 4.39. The third-order valence-electron chi connectivity index (χ3n) is 7.10. The van der Waals surface area contributed by atoms with Gasteiger partial charge in [0.05, 0.1) is 6.04 Å². The first-order valence-corrected chi connectivity index (χ1v) is 13.6. The van der Waals surface area contributed by atoms with E-state index in [0.29, 0.717) is 47.9 Å². The summed E-state index contributed by atoms with van der Waals surface area (Å²) in [5, 5.41) is 3.83. The lowest BCUT2D eigenvalue weighted by Gasteiger charge is -2.34. The number of amides is 1. The van der Waals surface area contributed by atoms with E-state index < -0.39 is 10.0 Å². The van der Waals surface area contributed by atoms with Gasteiger partial charge in [0.1, 0.15) is 10.7 Å². The van der Waals surface area contributed by atoms with E-state index in [-0.39, 0.29) is 22.8 Å². The largest absolute Gasteiger partial charge is 0.356 e. The van der Waals surface area contributed by atoms with E-state index in [1.165, 1.54) is 11.1 Å². The monoisotopic (exact) mass is 497 g/mol. The number of halogens is 1. The van der Waals surface area contributed by atoms with E-state index in [0.717, 1.165) is 19.3 Å². The zero-order valence-electron chi connectivity index (χ0n) is 19.1. The van der Waals surface area contributed by atoms with Crippen molar-refractivity contribution in [2.75, 3.05) is 13.1 Å². The number of fused-ring (bicyclic) bond motifs is 1. The molecule has 34 heavy (non-hydrogen) atoms. The number of rotatable bonds is 3. The number of sulfonamides is 1. The highest BCUT2D eigenvalue weighted by molar-refractivity contribution is 8.00. The average Bonchev–Trinajstić information content (AvgIpc) is 3.08. The zero-order chi connectivity index (χ0) is 23.9. The molecule has 1 amide bonds. The van der Waals surface area contributed by atoms with Crippen LogP contribution in [0, 0.1) is 5.92 Å². The quantitative estimate of drug-likeness (QED) is 0.665. The molecular formula is C26H28ClN3O3S. The summed E-state index contributed by atoms with van der Waals surface area (Å²) in [6, 6.07) is 15.2. The van der Waals surface area contributed by atoms with Crippen LogP contribution in [0.3, 0.4) is 0 Å². The van der Waals surface area contributed by atoms with Crippen LogP contribution in [0.25, 0.3) is 4.91 Å². The Hall–Kier alpha value is -2.64. The summed E-state index contributed by atoms with van der Waals surface area (Å²) >= 11 is 5.97. The molecule has 5 rings (SSSR count). The number of hydrogen-bond acceptors (Lipinski definition) is 4. The molecule has 0 aromatic heterocycles. The van der Waals surface area contributed by atoms with Crippen LogP contribution in [-0.4, -0.2) is 38.2 Å². The number of carbonyl (C=O) groups excluding carboxylic acids is 1. The Kier molecular flexibility index (Phi) is 6.25. The molecule has 2 aromatic carbocycles. The smallest absolute Gasteiger partial charge is 0.285 e. The highest BCUT2D eigenvalue weighted by atomic mass is 35.5. The molecular weight excluding hydrogens is 470 g/mol. The Labute approximate surface area is 205 Å². The first kappa shape index (κ1) is 23.1. The van der Waals surface area contributed by atoms with Crippen LogP contribution in [0.15, 0.2) is 58.5 Å². The summed E-state index contributed by atoms with van der Waals surface area (Å²) in [6.45, 7) is 2.99. The molecule has 1 N–H and O–H groups in total. The minimum atomic E-state index is -3.77. The van der Waals surface area contributed by atoms with Gasteiger partial charge >= 0.3 is 0 Å². The van der Waals surface area contributed by atoms with Gasteiger partial charge in [-0.05, 0) is 67.9 Å². The molecule has 6 nitrogen and oxygen atoms in total. The van der Waals surface area contributed by atoms with Crippen molar-refractivity contribution in [1.29, 1.82) is 0 Å². The van der Waals surface area contributed by atoms with Crippen molar-refractivity contribution in [3.8, 4) is 0 Å². The number of amidine groups is 1. The van der Waals surface area contributed by atoms with Gasteiger partial charge in [0.25, 0.3) is 10.0 Å². The number of aryl methyl sites for hydroxylation is 1. The molecule has 2 aliphatic heterocycles. The molecule has 0 radical (unpaired) electrons. The maximum atomic E-state index is 13.1. The molecule has 178 valence electrons. The minimum absolute atomic E-state index is 0.0759. The first-order chi connectivity index (χ1) is 16.3. The minimum Gasteiger partial charge on any atom is -0.356 e. The van der Waals surface area contributed by atoms with E-state index in [4.69, 9.17) is 11.6 Å². The highest BCUT2D eigenvalue weighted by Crippen LogP contribution is 2.35. The Bertz CT molecular complexity index is 1280. The number of hydrogen-bond donors (Lipinski definition) is 1. The van der Waals surface area contributed by atoms with Gasteiger partial charge in [-0.2, -0.15) is 8.42 Å². The standard InChI is InChI=1S/C26H28ClN3O3S/c1-17-24(19-9-11-21(27)12-10-19)34(32,33)29-25(17)30-15-13-20(14-16-30)26(31)28-23-8-4-6-18-5-2-3-7-22(18)23/h2-3,5,7,9-12,20,23H,4,6,8,13-16H2,1H3,(H,28,31)/t23-/m1/s1. The van der Waals surface area contributed by atoms with Crippen molar-refractivity contribution in [1.82, 2.24) is 10.2 Å². The lowest BCUT2D eigenvalue weighted by atomic mass is 9.87. The van der Waals surface area contributed by atoms with E-state index in [2.05, 4.69) is 27.9 Å². The molecule has 0 unspecified atom stereocenters. The van der Waals surface area contributed by atoms with Gasteiger partial charge in [0.15, 0.2) is 0 Å². The summed E-state index contributed by atoms with van der Waals surface area (Å²) < 4.78 is 29.8. The second-order valence-corrected chi connectivity index (χ2v) is 11.2. The van der Waals surface area contributed by atoms with Gasteiger partial charge in [0, 0.05) is 29.6 Å². The van der Waals surface area contributed by atoms with E-state index in [1.807, 2.05) is 11.0 Å². The molecule has 1 saturated heterocycles. The summed E-state index contributed by atoms with van der Waals surface area (Å²) in [5.74, 6) is 0.505. The predicted molar refractivity (Wildman–Crippen MR) is 135 cm³/mol. The molecule has 0 saturated carbocycles. The molecule has 2 heterocycles. The summed E-state index contributed by atoms with van der Waals surface area (Å²) in [4.78, 5) is 15.3. The second-order valence-electron chi connectivity index (χ2n) is 9.26. The van der Waals surface area contributed by atoms with E-state index in [1.54, 1.807) is 31.2 Å². The number of likely N-dealkylation sites (tertiary alicyclic amines) is 1. The average molecular weight is 498 g/mol. The van der Waals surface area contributed by atoms with Gasteiger partial charge < -0.3 is 10.2 Å². The molecule has 2 aromatic rings. The fourth-order valence-electron chi connectivity index (χ4n) is 5.33. The maximum Gasteiger partial charge on any atom is 0.285 e. The van der Waals surface area contributed by atoms with Gasteiger partial charge in [-0.15, -0.1) is 4.40 Å². The number of piperidine rings is 1. The summed E-state index contributed by atoms with van der Waals surface area (Å²) in [5.41, 5.74) is 3.79. The number of nitrogens with one attached hydrogen (secondary N) is 1. The third-order valence-corrected chi connectivity index (χ3v) is 8.82. The van der Waals surface area contributed by atoms with Crippen LogP contribution in [0.1, 0.15) is 55.3 Å². The normalized spacial score (nSPS) is 22.4. The molecule has 1 fully saturated rings. The van der Waals surface area contributed by atoms with Gasteiger partial charge in [-0.1, -0.05) is 48.0 Å². The topological polar surface area (TPSA) is 78.8 Å². The molecule has 3 aliphatic rings. The van der Waals surface area contributed by atoms with Crippen molar-refractivity contribution in [3.05, 3.63) is 75.8 Å². The van der Waals surface area contributed by atoms with Crippen LogP contribution >= 0.6 is 11.6 Å². The maximum absolute atomic E-state index is 13.1. The highest BCUT2D eigenvalue weighted by Gasteiger charge is 2.36. The molecule has 0 spiro atoms. The Balaban J connectivity index is 1.26. The first-order valence-electron chi connectivity index (χ1n) is 11.8. The Morgan fingerprint density at radius 3 is 2.50 bits per heavy atom. The SMILES string of the molecule is CC1=C(c2ccc(Cl)cc2)S(=O)(=O)N=C1N1CCC(C(=O)N[C@@H]2CCCc3ccccc32)CC1. The van der Waals surface area contributed by atoms with Crippen LogP contribution in [-0.2, 0) is 21.2 Å². The van der Waals surface area contributed by atoms with Gasteiger partial charge in [-0.3, -0.25) is 4.79 Å². The number of nitrogens with zero attached hydrogens (tertiary/aromatic N) is 2. The second kappa shape index (κ2) is 9.19. The molecule has 8 heteroatoms. The Morgan fingerprint density at radius 1 is 1.06 bits per heavy atom. The van der Waals surface area contributed by atoms with Crippen LogP contribution in [0.4, 0.5) is 0 Å². The van der Waals surface area contributed by atoms with Crippen molar-refractivity contribution < 1.29 is 13.2 Å². The van der Waals surface area contributed by atoms with Gasteiger partial charge in [0.2, 0.25) is 5.91 Å². The fraction of sp³-hybridized carbons (Fsp3) is 0.385. The fourth-order valence-corrected chi connectivity index (χ4v) is 6.94.